The highest BCUT2D eigenvalue weighted by Gasteiger charge is 2.35. The second-order valence-electron chi connectivity index (χ2n) is 7.53. The van der Waals surface area contributed by atoms with Gasteiger partial charge in [-0.3, -0.25) is 4.79 Å². The first-order chi connectivity index (χ1) is 14.8. The normalized spacial score (nSPS) is 18.3. The number of benzene rings is 1. The van der Waals surface area contributed by atoms with Crippen LogP contribution in [0.5, 0.6) is 0 Å². The fourth-order valence-corrected chi connectivity index (χ4v) is 3.85. The summed E-state index contributed by atoms with van der Waals surface area (Å²) in [5.41, 5.74) is 0.816. The van der Waals surface area contributed by atoms with Crippen LogP contribution in [0.3, 0.4) is 0 Å². The van der Waals surface area contributed by atoms with Crippen LogP contribution >= 0.6 is 23.2 Å². The van der Waals surface area contributed by atoms with Crippen molar-refractivity contribution in [3.8, 4) is 0 Å². The second kappa shape index (κ2) is 8.28. The van der Waals surface area contributed by atoms with Gasteiger partial charge in [-0.25, -0.2) is 19.3 Å². The number of aromatic nitrogens is 3. The molecule has 1 saturated heterocycles. The Morgan fingerprint density at radius 2 is 2.10 bits per heavy atom. The fraction of sp³-hybridized carbons (Fsp3) is 0.238. The lowest BCUT2D eigenvalue weighted by atomic mass is 10.0. The van der Waals surface area contributed by atoms with Crippen molar-refractivity contribution >= 4 is 57.5 Å². The lowest BCUT2D eigenvalue weighted by Crippen LogP contribution is -2.39. The molecule has 0 aliphatic carbocycles. The predicted molar refractivity (Wildman–Crippen MR) is 120 cm³/mol. The Hall–Kier alpha value is -2.97. The fourth-order valence-electron chi connectivity index (χ4n) is 3.54. The largest absolute Gasteiger partial charge is 0.363 e. The number of hydrogen-bond donors (Lipinski definition) is 2. The molecule has 0 saturated carbocycles. The number of fused-ring (bicyclic) bond motifs is 1. The summed E-state index contributed by atoms with van der Waals surface area (Å²) in [6.45, 7) is 6.74. The van der Waals surface area contributed by atoms with E-state index in [1.54, 1.807) is 11.0 Å². The van der Waals surface area contributed by atoms with E-state index in [1.807, 2.05) is 13.0 Å². The molecule has 31 heavy (non-hydrogen) atoms. The van der Waals surface area contributed by atoms with E-state index < -0.39 is 5.82 Å². The number of carbonyl (C=O) groups is 1. The van der Waals surface area contributed by atoms with Crippen molar-refractivity contribution in [2.45, 2.75) is 18.9 Å². The topological polar surface area (TPSA) is 83.0 Å². The number of hydrogen-bond acceptors (Lipinski definition) is 6. The Labute approximate surface area is 188 Å². The van der Waals surface area contributed by atoms with E-state index in [2.05, 4.69) is 32.2 Å². The van der Waals surface area contributed by atoms with Gasteiger partial charge in [0.25, 0.3) is 0 Å². The molecular formula is C21H19Cl2FN6O. The monoisotopic (exact) mass is 460 g/mol. The summed E-state index contributed by atoms with van der Waals surface area (Å²) in [6, 6.07) is 6.58. The van der Waals surface area contributed by atoms with Crippen LogP contribution in [0.4, 0.5) is 21.7 Å². The van der Waals surface area contributed by atoms with Gasteiger partial charge >= 0.3 is 0 Å². The molecule has 160 valence electrons. The molecule has 7 nitrogen and oxygen atoms in total. The number of pyridine rings is 1. The van der Waals surface area contributed by atoms with Crippen molar-refractivity contribution in [1.82, 2.24) is 19.9 Å². The average Bonchev–Trinajstić information content (AvgIpc) is 3.15. The van der Waals surface area contributed by atoms with E-state index in [4.69, 9.17) is 23.2 Å². The van der Waals surface area contributed by atoms with Crippen molar-refractivity contribution in [2.75, 3.05) is 23.7 Å². The summed E-state index contributed by atoms with van der Waals surface area (Å²) in [4.78, 5) is 26.7. The number of halogens is 3. The maximum absolute atomic E-state index is 14.5. The number of amides is 1. The van der Waals surface area contributed by atoms with Crippen LogP contribution in [-0.2, 0) is 4.79 Å². The summed E-state index contributed by atoms with van der Waals surface area (Å²) < 4.78 is 14.5. The van der Waals surface area contributed by atoms with Crippen LogP contribution in [0.1, 0.15) is 13.3 Å². The molecule has 2 N–H and O–H groups in total. The van der Waals surface area contributed by atoms with E-state index in [1.165, 1.54) is 24.5 Å². The summed E-state index contributed by atoms with van der Waals surface area (Å²) in [5.74, 6) is 0.141. The van der Waals surface area contributed by atoms with Gasteiger partial charge in [-0.1, -0.05) is 29.8 Å². The van der Waals surface area contributed by atoms with Crippen LogP contribution < -0.4 is 10.6 Å². The van der Waals surface area contributed by atoms with E-state index in [9.17, 15) is 9.18 Å². The van der Waals surface area contributed by atoms with Crippen molar-refractivity contribution in [3.05, 3.63) is 59.1 Å². The van der Waals surface area contributed by atoms with Crippen molar-refractivity contribution < 1.29 is 9.18 Å². The smallest absolute Gasteiger partial charge is 0.246 e. The molecule has 1 unspecified atom stereocenters. The molecule has 4 rings (SSSR count). The third kappa shape index (κ3) is 4.26. The van der Waals surface area contributed by atoms with E-state index in [-0.39, 0.29) is 27.2 Å². The zero-order valence-corrected chi connectivity index (χ0v) is 18.1. The lowest BCUT2D eigenvalue weighted by Gasteiger charge is -2.26. The van der Waals surface area contributed by atoms with Crippen molar-refractivity contribution in [3.63, 3.8) is 0 Å². The lowest BCUT2D eigenvalue weighted by molar-refractivity contribution is -0.125. The minimum absolute atomic E-state index is 0.0967. The van der Waals surface area contributed by atoms with Gasteiger partial charge in [-0.2, -0.15) is 0 Å². The second-order valence-corrected chi connectivity index (χ2v) is 8.32. The Morgan fingerprint density at radius 1 is 1.29 bits per heavy atom. The summed E-state index contributed by atoms with van der Waals surface area (Å²) >= 11 is 11.8. The molecule has 0 spiro atoms. The third-order valence-corrected chi connectivity index (χ3v) is 5.94. The number of rotatable bonds is 5. The highest BCUT2D eigenvalue weighted by molar-refractivity contribution is 6.42. The SMILES string of the molecule is C=CC(=O)N1CCC(C)(Nc2ccc3ncnc(Nc4ccc(Cl)c(Cl)c4F)c3n2)C1. The van der Waals surface area contributed by atoms with Gasteiger partial charge in [0.1, 0.15) is 17.7 Å². The van der Waals surface area contributed by atoms with E-state index in [0.29, 0.717) is 35.8 Å². The Balaban J connectivity index is 1.63. The van der Waals surface area contributed by atoms with Crippen molar-refractivity contribution in [1.29, 1.82) is 0 Å². The Kier molecular flexibility index (Phi) is 5.68. The maximum Gasteiger partial charge on any atom is 0.246 e. The molecule has 3 aromatic rings. The zero-order chi connectivity index (χ0) is 22.2. The summed E-state index contributed by atoms with van der Waals surface area (Å²) in [6.07, 6.45) is 3.45. The van der Waals surface area contributed by atoms with E-state index >= 15 is 0 Å². The predicted octanol–water partition coefficient (Wildman–Crippen LogP) is 4.80. The summed E-state index contributed by atoms with van der Waals surface area (Å²) in [7, 11) is 0. The molecule has 1 fully saturated rings. The molecule has 2 aromatic heterocycles. The molecule has 10 heteroatoms. The first-order valence-electron chi connectivity index (χ1n) is 9.51. The zero-order valence-electron chi connectivity index (χ0n) is 16.6. The first-order valence-corrected chi connectivity index (χ1v) is 10.3. The molecule has 1 aliphatic rings. The average molecular weight is 461 g/mol. The Morgan fingerprint density at radius 3 is 2.87 bits per heavy atom. The maximum atomic E-state index is 14.5. The molecule has 0 radical (unpaired) electrons. The first kappa shape index (κ1) is 21.3. The van der Waals surface area contributed by atoms with Crippen LogP contribution in [0, 0.1) is 5.82 Å². The van der Waals surface area contributed by atoms with Gasteiger partial charge in [-0.15, -0.1) is 0 Å². The van der Waals surface area contributed by atoms with Crippen molar-refractivity contribution in [2.24, 2.45) is 0 Å². The van der Waals surface area contributed by atoms with Gasteiger partial charge in [0, 0.05) is 13.1 Å². The minimum Gasteiger partial charge on any atom is -0.363 e. The summed E-state index contributed by atoms with van der Waals surface area (Å²) in [5, 5.41) is 6.27. The number of anilines is 3. The molecule has 3 heterocycles. The van der Waals surface area contributed by atoms with Crippen LogP contribution in [-0.4, -0.2) is 44.4 Å². The van der Waals surface area contributed by atoms with Crippen LogP contribution in [0.25, 0.3) is 11.0 Å². The van der Waals surface area contributed by atoms with Gasteiger partial charge < -0.3 is 15.5 Å². The van der Waals surface area contributed by atoms with Gasteiger partial charge in [0.2, 0.25) is 5.91 Å². The third-order valence-electron chi connectivity index (χ3n) is 5.16. The van der Waals surface area contributed by atoms with Gasteiger partial charge in [0.15, 0.2) is 11.6 Å². The Bertz CT molecular complexity index is 1190. The van der Waals surface area contributed by atoms with E-state index in [0.717, 1.165) is 6.42 Å². The van der Waals surface area contributed by atoms with Crippen LogP contribution in [0.2, 0.25) is 10.0 Å². The molecule has 0 bridgehead atoms. The number of carbonyl (C=O) groups excluding carboxylic acids is 1. The number of nitrogens with one attached hydrogen (secondary N) is 2. The van der Waals surface area contributed by atoms with Crippen LogP contribution in [0.15, 0.2) is 43.2 Å². The minimum atomic E-state index is -0.680. The quantitative estimate of drug-likeness (QED) is 0.420. The number of nitrogens with zero attached hydrogens (tertiary/aromatic N) is 4. The number of likely N-dealkylation sites (tertiary alicyclic amines) is 1. The highest BCUT2D eigenvalue weighted by Crippen LogP contribution is 2.33. The molecular weight excluding hydrogens is 442 g/mol. The molecule has 1 aromatic carbocycles. The molecule has 1 aliphatic heterocycles. The highest BCUT2D eigenvalue weighted by atomic mass is 35.5. The standard InChI is InChI=1S/C21H19Cl2FN6O/c1-3-16(31)30-9-8-21(2,10-30)29-15-7-6-14-19(28-15)20(26-11-25-14)27-13-5-4-12(22)17(23)18(13)24/h3-7,11H,1,8-10H2,2H3,(H,28,29)(H,25,26,27). The molecule has 1 amide bonds. The molecule has 1 atom stereocenters. The van der Waals surface area contributed by atoms with Gasteiger partial charge in [0.05, 0.1) is 26.8 Å². The van der Waals surface area contributed by atoms with Gasteiger partial charge in [-0.05, 0) is 43.7 Å².